The first-order chi connectivity index (χ1) is 8.77. The normalized spacial score (nSPS) is 10.2. The van der Waals surface area contributed by atoms with Gasteiger partial charge in [0.25, 0.3) is 0 Å². The molecule has 0 unspecified atom stereocenters. The van der Waals surface area contributed by atoms with Crippen molar-refractivity contribution in [2.45, 2.75) is 71.1 Å². The van der Waals surface area contributed by atoms with Crippen molar-refractivity contribution in [3.63, 3.8) is 0 Å². The Labute approximate surface area is 164 Å². The van der Waals surface area contributed by atoms with Crippen LogP contribution in [0.2, 0.25) is 0 Å². The molecule has 8 heteroatoms. The number of carboxylic acid groups (broad SMARTS) is 1. The quantitative estimate of drug-likeness (QED) is 0.260. The molecule has 0 aromatic rings. The molecule has 20 heavy (non-hydrogen) atoms. The molecular weight excluding hydrogens is 310 g/mol. The van der Waals surface area contributed by atoms with E-state index in [1.807, 2.05) is 0 Å². The third-order valence-corrected chi connectivity index (χ3v) is 2.48. The minimum absolute atomic E-state index is 0. The minimum atomic E-state index is -4.64. The van der Waals surface area contributed by atoms with Gasteiger partial charge in [-0.05, 0) is 12.8 Å². The van der Waals surface area contributed by atoms with E-state index in [1.54, 1.807) is 0 Å². The molecule has 0 aromatic heterocycles. The molecule has 0 atom stereocenters. The van der Waals surface area contributed by atoms with Gasteiger partial charge in [-0.3, -0.25) is 0 Å². The molecule has 3 N–H and O–H groups in total. The van der Waals surface area contributed by atoms with Gasteiger partial charge < -0.3 is 24.6 Å². The van der Waals surface area contributed by atoms with E-state index in [9.17, 15) is 9.90 Å². The summed E-state index contributed by atoms with van der Waals surface area (Å²) in [7, 11) is -4.64. The molecule has 6 nitrogen and oxygen atoms in total. The second kappa shape index (κ2) is 18.3. The van der Waals surface area contributed by atoms with Crippen molar-refractivity contribution in [2.24, 2.45) is 0 Å². The van der Waals surface area contributed by atoms with Gasteiger partial charge in [0.05, 0.1) is 0 Å². The molecule has 0 aliphatic heterocycles. The molecule has 0 bridgehead atoms. The summed E-state index contributed by atoms with van der Waals surface area (Å²) in [5.41, 5.74) is 0. The number of rotatable bonds is 10. The Morgan fingerprint density at radius 1 is 0.900 bits per heavy atom. The number of phosphoric acid groups is 1. The van der Waals surface area contributed by atoms with Crippen LogP contribution in [0.3, 0.4) is 0 Å². The van der Waals surface area contributed by atoms with Crippen LogP contribution in [0.15, 0.2) is 0 Å². The maximum atomic E-state index is 10.1. The predicted molar refractivity (Wildman–Crippen MR) is 71.1 cm³/mol. The van der Waals surface area contributed by atoms with E-state index in [4.69, 9.17) is 19.2 Å². The van der Waals surface area contributed by atoms with Crippen LogP contribution in [0.1, 0.15) is 71.1 Å². The molecule has 0 heterocycles. The fourth-order valence-corrected chi connectivity index (χ4v) is 1.58. The molecular formula is C12H26KO6P. The molecule has 116 valence electrons. The van der Waals surface area contributed by atoms with Crippen molar-refractivity contribution in [2.75, 3.05) is 0 Å². The Hall–Kier alpha value is 1.22. The van der Waals surface area contributed by atoms with Gasteiger partial charge in [0.2, 0.25) is 0 Å². The summed E-state index contributed by atoms with van der Waals surface area (Å²) in [5, 5.41) is 10.1. The minimum Gasteiger partial charge on any atom is -0.550 e. The maximum absolute atomic E-state index is 10.1. The number of carbonyl (C=O) groups is 1. The largest absolute Gasteiger partial charge is 1.00 e. The van der Waals surface area contributed by atoms with Crippen molar-refractivity contribution in [1.29, 1.82) is 0 Å². The molecule has 0 aliphatic carbocycles. The van der Waals surface area contributed by atoms with Gasteiger partial charge in [-0.2, -0.15) is 0 Å². The van der Waals surface area contributed by atoms with Crippen LogP contribution in [0.5, 0.6) is 0 Å². The second-order valence-corrected chi connectivity index (χ2v) is 5.49. The van der Waals surface area contributed by atoms with E-state index in [2.05, 4.69) is 6.92 Å². The summed E-state index contributed by atoms with van der Waals surface area (Å²) in [5.74, 6) is -0.909. The van der Waals surface area contributed by atoms with Crippen molar-refractivity contribution < 1.29 is 80.5 Å². The number of carboxylic acids is 1. The number of hydrogen-bond donors (Lipinski definition) is 3. The number of unbranched alkanes of at least 4 members (excludes halogenated alkanes) is 8. The van der Waals surface area contributed by atoms with Crippen LogP contribution in [0, 0.1) is 0 Å². The van der Waals surface area contributed by atoms with E-state index in [0.717, 1.165) is 12.8 Å². The van der Waals surface area contributed by atoms with Gasteiger partial charge in [0.1, 0.15) is 0 Å². The maximum Gasteiger partial charge on any atom is 1.00 e. The van der Waals surface area contributed by atoms with Gasteiger partial charge in [0.15, 0.2) is 0 Å². The average molecular weight is 336 g/mol. The van der Waals surface area contributed by atoms with Crippen molar-refractivity contribution in [1.82, 2.24) is 0 Å². The van der Waals surface area contributed by atoms with E-state index >= 15 is 0 Å². The van der Waals surface area contributed by atoms with Crippen LogP contribution in [0.25, 0.3) is 0 Å². The zero-order chi connectivity index (χ0) is 15.1. The van der Waals surface area contributed by atoms with E-state index in [-0.39, 0.29) is 57.8 Å². The zero-order valence-electron chi connectivity index (χ0n) is 12.6. The molecule has 0 radical (unpaired) electrons. The van der Waals surface area contributed by atoms with E-state index in [1.165, 1.54) is 44.9 Å². The Balaban J connectivity index is -0.000000414. The molecule has 0 saturated heterocycles. The van der Waals surface area contributed by atoms with Gasteiger partial charge in [-0.25, -0.2) is 4.57 Å². The monoisotopic (exact) mass is 336 g/mol. The summed E-state index contributed by atoms with van der Waals surface area (Å²) in [6.45, 7) is 2.22. The number of hydrogen-bond acceptors (Lipinski definition) is 3. The SMILES string of the molecule is CCCCCCCCCCCC(=O)[O-].O=P(O)(O)O.[K+]. The molecule has 0 spiro atoms. The van der Waals surface area contributed by atoms with Crippen LogP contribution < -0.4 is 56.5 Å². The molecule has 0 rings (SSSR count). The summed E-state index contributed by atoms with van der Waals surface area (Å²) < 4.78 is 8.88. The molecule has 0 aromatic carbocycles. The first kappa shape index (κ1) is 26.1. The Kier molecular flexibility index (Phi) is 23.9. The van der Waals surface area contributed by atoms with E-state index < -0.39 is 13.8 Å². The molecule has 0 amide bonds. The van der Waals surface area contributed by atoms with Crippen LogP contribution in [-0.2, 0) is 9.36 Å². The Morgan fingerprint density at radius 2 is 1.20 bits per heavy atom. The van der Waals surface area contributed by atoms with Crippen molar-refractivity contribution in [3.05, 3.63) is 0 Å². The van der Waals surface area contributed by atoms with Gasteiger partial charge in [-0.1, -0.05) is 58.3 Å². The first-order valence-electron chi connectivity index (χ1n) is 6.75. The van der Waals surface area contributed by atoms with Crippen molar-refractivity contribution in [3.8, 4) is 0 Å². The van der Waals surface area contributed by atoms with Crippen LogP contribution in [-0.4, -0.2) is 20.6 Å². The Bertz CT molecular complexity index is 248. The standard InChI is InChI=1S/C12H24O2.K.H3O4P/c1-2-3-4-5-6-7-8-9-10-11-12(13)14;;1-5(2,3)4/h2-11H2,1H3,(H,13,14);;(H3,1,2,3,4)/q;+1;/p-1. The Morgan fingerprint density at radius 3 is 1.50 bits per heavy atom. The average Bonchev–Trinajstić information content (AvgIpc) is 2.24. The predicted octanol–water partition coefficient (Wildman–Crippen LogP) is -1.27. The summed E-state index contributed by atoms with van der Waals surface area (Å²) in [6.07, 6.45) is 11.2. The second-order valence-electron chi connectivity index (χ2n) is 4.46. The summed E-state index contributed by atoms with van der Waals surface area (Å²) in [6, 6.07) is 0. The van der Waals surface area contributed by atoms with Crippen LogP contribution in [0.4, 0.5) is 0 Å². The fourth-order valence-electron chi connectivity index (χ4n) is 1.58. The first-order valence-corrected chi connectivity index (χ1v) is 8.32. The van der Waals surface area contributed by atoms with Gasteiger partial charge in [0, 0.05) is 5.97 Å². The summed E-state index contributed by atoms with van der Waals surface area (Å²) in [4.78, 5) is 31.7. The van der Waals surface area contributed by atoms with Gasteiger partial charge in [-0.15, -0.1) is 0 Å². The number of aliphatic carboxylic acids is 1. The molecule has 0 fully saturated rings. The third-order valence-electron chi connectivity index (χ3n) is 2.48. The summed E-state index contributed by atoms with van der Waals surface area (Å²) >= 11 is 0. The number of carbonyl (C=O) groups excluding carboxylic acids is 1. The van der Waals surface area contributed by atoms with E-state index in [0.29, 0.717) is 0 Å². The zero-order valence-corrected chi connectivity index (χ0v) is 16.6. The topological polar surface area (TPSA) is 118 Å². The molecule has 0 saturated carbocycles. The third kappa shape index (κ3) is 42.7. The smallest absolute Gasteiger partial charge is 0.550 e. The van der Waals surface area contributed by atoms with Gasteiger partial charge >= 0.3 is 59.2 Å². The van der Waals surface area contributed by atoms with Crippen molar-refractivity contribution >= 4 is 13.8 Å². The van der Waals surface area contributed by atoms with Crippen LogP contribution >= 0.6 is 7.82 Å². The fraction of sp³-hybridized carbons (Fsp3) is 0.917. The molecule has 0 aliphatic rings.